The average molecular weight is 283 g/mol. The molecule has 21 heavy (non-hydrogen) atoms. The van der Waals surface area contributed by atoms with E-state index in [2.05, 4.69) is 37.3 Å². The molecule has 0 aliphatic heterocycles. The summed E-state index contributed by atoms with van der Waals surface area (Å²) in [6.07, 6.45) is 1.92. The zero-order chi connectivity index (χ0) is 15.0. The summed E-state index contributed by atoms with van der Waals surface area (Å²) in [7, 11) is 1.96. The third kappa shape index (κ3) is 2.47. The van der Waals surface area contributed by atoms with Crippen LogP contribution in [0.5, 0.6) is 0 Å². The van der Waals surface area contributed by atoms with Crippen LogP contribution in [-0.2, 0) is 13.6 Å². The second kappa shape index (κ2) is 5.37. The first-order valence-corrected chi connectivity index (χ1v) is 7.27. The van der Waals surface area contributed by atoms with Crippen molar-refractivity contribution in [3.05, 3.63) is 53.0 Å². The van der Waals surface area contributed by atoms with E-state index < -0.39 is 0 Å². The quantitative estimate of drug-likeness (QED) is 0.795. The Morgan fingerprint density at radius 3 is 2.71 bits per heavy atom. The lowest BCUT2D eigenvalue weighted by Gasteiger charge is -2.12. The summed E-state index contributed by atoms with van der Waals surface area (Å²) in [4.78, 5) is 0. The molecule has 0 saturated carbocycles. The fourth-order valence-corrected chi connectivity index (χ4v) is 2.68. The van der Waals surface area contributed by atoms with Crippen LogP contribution in [0.1, 0.15) is 35.5 Å². The number of para-hydroxylation sites is 1. The highest BCUT2D eigenvalue weighted by atomic mass is 16.3. The van der Waals surface area contributed by atoms with Crippen LogP contribution in [0.3, 0.4) is 0 Å². The Labute approximate surface area is 124 Å². The van der Waals surface area contributed by atoms with Crippen molar-refractivity contribution in [2.45, 2.75) is 33.4 Å². The summed E-state index contributed by atoms with van der Waals surface area (Å²) in [5.74, 6) is 1.01. The number of rotatable bonds is 4. The predicted molar refractivity (Wildman–Crippen MR) is 84.2 cm³/mol. The Kier molecular flexibility index (Phi) is 3.55. The molecule has 1 aromatic carbocycles. The summed E-state index contributed by atoms with van der Waals surface area (Å²) in [6, 6.07) is 8.34. The Morgan fingerprint density at radius 2 is 2.05 bits per heavy atom. The topological polar surface area (TPSA) is 43.0 Å². The fraction of sp³-hybridized carbons (Fsp3) is 0.353. The van der Waals surface area contributed by atoms with Gasteiger partial charge in [-0.25, -0.2) is 0 Å². The first-order valence-electron chi connectivity index (χ1n) is 7.27. The molecular formula is C17H21N3O. The van der Waals surface area contributed by atoms with Gasteiger partial charge in [0.05, 0.1) is 12.2 Å². The van der Waals surface area contributed by atoms with Gasteiger partial charge < -0.3 is 9.73 Å². The molecule has 2 heterocycles. The second-order valence-corrected chi connectivity index (χ2v) is 5.57. The third-order valence-electron chi connectivity index (χ3n) is 4.21. The van der Waals surface area contributed by atoms with Crippen LogP contribution in [0.15, 0.2) is 34.9 Å². The van der Waals surface area contributed by atoms with E-state index in [1.54, 1.807) is 0 Å². The van der Waals surface area contributed by atoms with Gasteiger partial charge in [0.2, 0.25) is 0 Å². The number of fused-ring (bicyclic) bond motifs is 1. The molecule has 3 rings (SSSR count). The first kappa shape index (κ1) is 13.9. The zero-order valence-corrected chi connectivity index (χ0v) is 13.0. The van der Waals surface area contributed by atoms with Gasteiger partial charge in [-0.05, 0) is 32.4 Å². The fourth-order valence-electron chi connectivity index (χ4n) is 2.68. The van der Waals surface area contributed by atoms with E-state index in [0.29, 0.717) is 0 Å². The molecule has 0 aliphatic rings. The zero-order valence-electron chi connectivity index (χ0n) is 13.0. The van der Waals surface area contributed by atoms with E-state index in [0.717, 1.165) is 17.9 Å². The van der Waals surface area contributed by atoms with E-state index in [-0.39, 0.29) is 6.04 Å². The van der Waals surface area contributed by atoms with Gasteiger partial charge in [-0.15, -0.1) is 0 Å². The molecule has 4 heteroatoms. The van der Waals surface area contributed by atoms with Gasteiger partial charge >= 0.3 is 0 Å². The van der Waals surface area contributed by atoms with Gasteiger partial charge in [0, 0.05) is 30.2 Å². The summed E-state index contributed by atoms with van der Waals surface area (Å²) in [5, 5.41) is 8.99. The monoisotopic (exact) mass is 283 g/mol. The highest BCUT2D eigenvalue weighted by Gasteiger charge is 2.16. The van der Waals surface area contributed by atoms with Crippen molar-refractivity contribution >= 4 is 11.0 Å². The smallest absolute Gasteiger partial charge is 0.134 e. The molecule has 0 amide bonds. The standard InChI is InChI=1S/C17H21N3O/c1-11-15-7-5-6-8-16(15)21-17(11)12(2)18-9-14-10-19-20(4)13(14)3/h5-8,10,12,18H,9H2,1-4H3. The molecule has 0 radical (unpaired) electrons. The third-order valence-corrected chi connectivity index (χ3v) is 4.21. The van der Waals surface area contributed by atoms with Crippen molar-refractivity contribution < 1.29 is 4.42 Å². The minimum atomic E-state index is 0.164. The summed E-state index contributed by atoms with van der Waals surface area (Å²) < 4.78 is 7.90. The van der Waals surface area contributed by atoms with Gasteiger partial charge in [-0.2, -0.15) is 5.10 Å². The molecule has 3 aromatic rings. The molecule has 1 N–H and O–H groups in total. The number of aromatic nitrogens is 2. The van der Waals surface area contributed by atoms with E-state index in [1.807, 2.05) is 36.1 Å². The van der Waals surface area contributed by atoms with Crippen molar-refractivity contribution in [2.75, 3.05) is 0 Å². The highest BCUT2D eigenvalue weighted by molar-refractivity contribution is 5.82. The minimum Gasteiger partial charge on any atom is -0.459 e. The van der Waals surface area contributed by atoms with Crippen LogP contribution in [0.2, 0.25) is 0 Å². The van der Waals surface area contributed by atoms with Crippen molar-refractivity contribution in [3.63, 3.8) is 0 Å². The first-order chi connectivity index (χ1) is 10.1. The lowest BCUT2D eigenvalue weighted by atomic mass is 10.1. The molecule has 2 aromatic heterocycles. The molecule has 4 nitrogen and oxygen atoms in total. The van der Waals surface area contributed by atoms with E-state index >= 15 is 0 Å². The Balaban J connectivity index is 1.79. The number of hydrogen-bond donors (Lipinski definition) is 1. The van der Waals surface area contributed by atoms with E-state index in [9.17, 15) is 0 Å². The number of furan rings is 1. The van der Waals surface area contributed by atoms with Gasteiger partial charge in [0.1, 0.15) is 11.3 Å². The molecule has 0 bridgehead atoms. The van der Waals surface area contributed by atoms with Gasteiger partial charge in [0.15, 0.2) is 0 Å². The van der Waals surface area contributed by atoms with E-state index in [1.165, 1.54) is 22.2 Å². The summed E-state index contributed by atoms with van der Waals surface area (Å²) in [5.41, 5.74) is 4.58. The molecule has 1 unspecified atom stereocenters. The predicted octanol–water partition coefficient (Wildman–Crippen LogP) is 3.63. The number of aryl methyl sites for hydroxylation is 2. The van der Waals surface area contributed by atoms with Crippen LogP contribution in [0.4, 0.5) is 0 Å². The molecule has 0 spiro atoms. The van der Waals surface area contributed by atoms with Crippen molar-refractivity contribution in [2.24, 2.45) is 7.05 Å². The lowest BCUT2D eigenvalue weighted by Crippen LogP contribution is -2.18. The summed E-state index contributed by atoms with van der Waals surface area (Å²) in [6.45, 7) is 7.13. The molecule has 110 valence electrons. The molecule has 0 fully saturated rings. The largest absolute Gasteiger partial charge is 0.459 e. The van der Waals surface area contributed by atoms with Crippen LogP contribution in [0, 0.1) is 13.8 Å². The number of nitrogens with zero attached hydrogens (tertiary/aromatic N) is 2. The Morgan fingerprint density at radius 1 is 1.29 bits per heavy atom. The van der Waals surface area contributed by atoms with Gasteiger partial charge in [-0.3, -0.25) is 4.68 Å². The van der Waals surface area contributed by atoms with Crippen LogP contribution in [-0.4, -0.2) is 9.78 Å². The van der Waals surface area contributed by atoms with Crippen molar-refractivity contribution in [1.82, 2.24) is 15.1 Å². The van der Waals surface area contributed by atoms with Crippen molar-refractivity contribution in [3.8, 4) is 0 Å². The summed E-state index contributed by atoms with van der Waals surface area (Å²) >= 11 is 0. The molecular weight excluding hydrogens is 262 g/mol. The van der Waals surface area contributed by atoms with Crippen LogP contribution < -0.4 is 5.32 Å². The molecule has 0 aliphatic carbocycles. The van der Waals surface area contributed by atoms with Crippen LogP contribution in [0.25, 0.3) is 11.0 Å². The lowest BCUT2D eigenvalue weighted by molar-refractivity contribution is 0.447. The van der Waals surface area contributed by atoms with Crippen LogP contribution >= 0.6 is 0 Å². The maximum Gasteiger partial charge on any atom is 0.134 e. The Bertz CT molecular complexity index is 770. The number of hydrogen-bond acceptors (Lipinski definition) is 3. The SMILES string of the molecule is Cc1c(C(C)NCc2cnn(C)c2C)oc2ccccc12. The normalized spacial score (nSPS) is 13.0. The molecule has 0 saturated heterocycles. The number of nitrogens with one attached hydrogen (secondary N) is 1. The average Bonchev–Trinajstić information content (AvgIpc) is 2.99. The van der Waals surface area contributed by atoms with Crippen molar-refractivity contribution in [1.29, 1.82) is 0 Å². The number of benzene rings is 1. The second-order valence-electron chi connectivity index (χ2n) is 5.57. The minimum absolute atomic E-state index is 0.164. The molecule has 1 atom stereocenters. The van der Waals surface area contributed by atoms with E-state index in [4.69, 9.17) is 4.42 Å². The highest BCUT2D eigenvalue weighted by Crippen LogP contribution is 2.29. The van der Waals surface area contributed by atoms with Gasteiger partial charge in [0.25, 0.3) is 0 Å². The maximum atomic E-state index is 6.00. The van der Waals surface area contributed by atoms with Gasteiger partial charge in [-0.1, -0.05) is 18.2 Å². The maximum absolute atomic E-state index is 6.00. The Hall–Kier alpha value is -2.07.